The average molecular weight is 492 g/mol. The largest absolute Gasteiger partial charge is 0.493 e. The molecule has 0 fully saturated rings. The van der Waals surface area contributed by atoms with Gasteiger partial charge in [-0.05, 0) is 42.3 Å². The van der Waals surface area contributed by atoms with Crippen molar-refractivity contribution >= 4 is 18.2 Å². The fourth-order valence-electron chi connectivity index (χ4n) is 4.05. The van der Waals surface area contributed by atoms with Crippen LogP contribution in [0.15, 0.2) is 48.8 Å². The number of rotatable bonds is 9. The van der Waals surface area contributed by atoms with E-state index in [-0.39, 0.29) is 30.4 Å². The summed E-state index contributed by atoms with van der Waals surface area (Å²) in [6, 6.07) is 12.3. The van der Waals surface area contributed by atoms with E-state index >= 15 is 0 Å². The molecule has 2 aromatic carbocycles. The lowest BCUT2D eigenvalue weighted by atomic mass is 10.1. The van der Waals surface area contributed by atoms with E-state index in [2.05, 4.69) is 26.7 Å². The van der Waals surface area contributed by atoms with E-state index < -0.39 is 0 Å². The van der Waals surface area contributed by atoms with Crippen molar-refractivity contribution in [1.82, 2.24) is 14.9 Å². The van der Waals surface area contributed by atoms with Gasteiger partial charge in [-0.2, -0.15) is 0 Å². The highest BCUT2D eigenvalue weighted by Gasteiger charge is 2.34. The number of ether oxygens (including phenoxy) is 3. The van der Waals surface area contributed by atoms with Crippen LogP contribution in [0.2, 0.25) is 0 Å². The van der Waals surface area contributed by atoms with Crippen molar-refractivity contribution in [2.24, 2.45) is 5.73 Å². The quantitative estimate of drug-likeness (QED) is 0.470. The predicted molar refractivity (Wildman–Crippen MR) is 131 cm³/mol. The van der Waals surface area contributed by atoms with Crippen LogP contribution in [0.25, 0.3) is 0 Å². The highest BCUT2D eigenvalue weighted by Crippen LogP contribution is 2.34. The molecule has 1 aliphatic heterocycles. The fourth-order valence-corrected chi connectivity index (χ4v) is 4.05. The second kappa shape index (κ2) is 11.5. The van der Waals surface area contributed by atoms with E-state index in [4.69, 9.17) is 19.9 Å². The first-order valence-electron chi connectivity index (χ1n) is 10.8. The summed E-state index contributed by atoms with van der Waals surface area (Å²) in [5, 5.41) is 0. The first-order chi connectivity index (χ1) is 16.0. The van der Waals surface area contributed by atoms with Gasteiger partial charge in [0.2, 0.25) is 0 Å². The highest BCUT2D eigenvalue weighted by atomic mass is 35.5. The zero-order chi connectivity index (χ0) is 23.4. The molecular weight excluding hydrogens is 461 g/mol. The molecule has 8 nitrogen and oxygen atoms in total. The maximum atomic E-state index is 13.1. The van der Waals surface area contributed by atoms with Crippen molar-refractivity contribution in [3.8, 4) is 11.5 Å². The fraction of sp³-hybridized carbons (Fsp3) is 0.375. The number of anilines is 1. The highest BCUT2D eigenvalue weighted by molar-refractivity contribution is 5.85. The first kappa shape index (κ1) is 25.8. The number of imidazole rings is 1. The maximum absolute atomic E-state index is 13.1. The third-order valence-electron chi connectivity index (χ3n) is 5.86. The van der Waals surface area contributed by atoms with Gasteiger partial charge in [0, 0.05) is 12.6 Å². The number of hydrogen-bond donors (Lipinski definition) is 2. The van der Waals surface area contributed by atoms with Crippen molar-refractivity contribution in [1.29, 1.82) is 0 Å². The third-order valence-corrected chi connectivity index (χ3v) is 5.86. The Balaban J connectivity index is 0.00000324. The Bertz CT molecular complexity index is 1070. The Hall–Kier alpha value is -2.85. The molecule has 0 bridgehead atoms. The molecule has 0 saturated heterocycles. The van der Waals surface area contributed by atoms with E-state index in [0.29, 0.717) is 37.9 Å². The summed E-state index contributed by atoms with van der Waals surface area (Å²) in [5.74, 6) is 1.96. The van der Waals surface area contributed by atoms with Crippen LogP contribution in [-0.4, -0.2) is 48.4 Å². The molecule has 2 unspecified atom stereocenters. The van der Waals surface area contributed by atoms with Crippen molar-refractivity contribution in [2.75, 3.05) is 32.4 Å². The molecule has 0 amide bonds. The summed E-state index contributed by atoms with van der Waals surface area (Å²) in [6.45, 7) is 4.20. The van der Waals surface area contributed by atoms with E-state index in [1.54, 1.807) is 32.7 Å². The normalized spacial score (nSPS) is 16.5. The second-order valence-corrected chi connectivity index (χ2v) is 8.12. The topological polar surface area (TPSA) is 88.9 Å². The minimum Gasteiger partial charge on any atom is -0.493 e. The molecule has 34 heavy (non-hydrogen) atoms. The van der Waals surface area contributed by atoms with Crippen molar-refractivity contribution in [2.45, 2.75) is 32.3 Å². The Morgan fingerprint density at radius 1 is 1.12 bits per heavy atom. The number of aromatic nitrogens is 2. The molecule has 1 aromatic heterocycles. The Morgan fingerprint density at radius 3 is 2.53 bits per heavy atom. The van der Waals surface area contributed by atoms with Crippen LogP contribution in [0, 0.1) is 5.82 Å². The molecule has 0 radical (unpaired) electrons. The zero-order valence-corrected chi connectivity index (χ0v) is 20.3. The van der Waals surface area contributed by atoms with Gasteiger partial charge in [0.15, 0.2) is 17.3 Å². The lowest BCUT2D eigenvalue weighted by molar-refractivity contribution is 0.0336. The van der Waals surface area contributed by atoms with Gasteiger partial charge < -0.3 is 29.8 Å². The number of aromatic amines is 1. The number of nitrogens with one attached hydrogen (secondary N) is 1. The molecule has 3 N–H and O–H groups in total. The number of H-pyrrole nitrogens is 1. The first-order valence-corrected chi connectivity index (χ1v) is 10.8. The van der Waals surface area contributed by atoms with Gasteiger partial charge >= 0.3 is 0 Å². The molecule has 2 atom stereocenters. The van der Waals surface area contributed by atoms with Gasteiger partial charge in [-0.3, -0.25) is 4.90 Å². The number of nitrogens with zero attached hydrogens (tertiary/aromatic N) is 3. The number of benzene rings is 2. The lowest BCUT2D eigenvalue weighted by Gasteiger charge is -2.42. The van der Waals surface area contributed by atoms with E-state index in [9.17, 15) is 4.39 Å². The van der Waals surface area contributed by atoms with Gasteiger partial charge in [0.05, 0.1) is 46.1 Å². The summed E-state index contributed by atoms with van der Waals surface area (Å²) >= 11 is 0. The van der Waals surface area contributed by atoms with Crippen molar-refractivity contribution < 1.29 is 18.6 Å². The Kier molecular flexibility index (Phi) is 8.73. The van der Waals surface area contributed by atoms with Gasteiger partial charge in [0.25, 0.3) is 0 Å². The van der Waals surface area contributed by atoms with Gasteiger partial charge in [-0.15, -0.1) is 12.4 Å². The number of hydrogen-bond acceptors (Lipinski definition) is 7. The van der Waals surface area contributed by atoms with Crippen LogP contribution in [0.3, 0.4) is 0 Å². The average Bonchev–Trinajstić information content (AvgIpc) is 3.33. The Labute approximate surface area is 205 Å². The van der Waals surface area contributed by atoms with Crippen LogP contribution in [-0.2, 0) is 17.9 Å². The summed E-state index contributed by atoms with van der Waals surface area (Å²) in [7, 11) is 3.25. The smallest absolute Gasteiger partial charge is 0.161 e. The number of fused-ring (bicyclic) bond motifs is 1. The summed E-state index contributed by atoms with van der Waals surface area (Å²) in [6.07, 6.45) is 1.35. The van der Waals surface area contributed by atoms with Gasteiger partial charge in [-0.1, -0.05) is 18.2 Å². The lowest BCUT2D eigenvalue weighted by Crippen LogP contribution is -2.52. The number of methoxy groups -OCH3 is 2. The Morgan fingerprint density at radius 2 is 1.82 bits per heavy atom. The van der Waals surface area contributed by atoms with E-state index in [1.807, 2.05) is 18.2 Å². The molecule has 2 heterocycles. The molecule has 10 heteroatoms. The van der Waals surface area contributed by atoms with Crippen LogP contribution in [0.5, 0.6) is 11.5 Å². The van der Waals surface area contributed by atoms with Crippen LogP contribution >= 0.6 is 12.4 Å². The molecule has 3 aromatic rings. The van der Waals surface area contributed by atoms with Gasteiger partial charge in [0.1, 0.15) is 12.0 Å². The molecule has 0 aliphatic carbocycles. The van der Waals surface area contributed by atoms with E-state index in [0.717, 1.165) is 22.6 Å². The molecule has 184 valence electrons. The summed E-state index contributed by atoms with van der Waals surface area (Å²) < 4.78 is 29.8. The van der Waals surface area contributed by atoms with Crippen molar-refractivity contribution in [3.05, 3.63) is 71.4 Å². The summed E-state index contributed by atoms with van der Waals surface area (Å²) in [4.78, 5) is 12.1. The standard InChI is InChI=1S/C24H30FN5O3.ClH/c1-16(12-33-13-17-4-7-19(25)8-5-17)30-15-29(24-22(23(30)26)27-14-28-24)11-18-6-9-20(31-2)21(10-18)32-3;/h4-10,14,16,23H,11-13,15,26H2,1-3H3,(H,27,28);1H. The number of halogens is 2. The predicted octanol–water partition coefficient (Wildman–Crippen LogP) is 3.83. The molecule has 0 spiro atoms. The molecule has 1 aliphatic rings. The molecular formula is C24H31ClFN5O3. The van der Waals surface area contributed by atoms with Crippen LogP contribution in [0.1, 0.15) is 29.9 Å². The monoisotopic (exact) mass is 491 g/mol. The summed E-state index contributed by atoms with van der Waals surface area (Å²) in [5.41, 5.74) is 9.43. The van der Waals surface area contributed by atoms with E-state index in [1.165, 1.54) is 12.1 Å². The zero-order valence-electron chi connectivity index (χ0n) is 19.5. The van der Waals surface area contributed by atoms with Crippen LogP contribution in [0.4, 0.5) is 10.2 Å². The third kappa shape index (κ3) is 5.61. The molecule has 4 rings (SSSR count). The SMILES string of the molecule is COc1ccc(CN2CN(C(C)COCc3ccc(F)cc3)C(N)c3[nH]cnc32)cc1OC.Cl. The minimum atomic E-state index is -0.325. The van der Waals surface area contributed by atoms with Crippen molar-refractivity contribution in [3.63, 3.8) is 0 Å². The molecule has 0 saturated carbocycles. The minimum absolute atomic E-state index is 0. The van der Waals surface area contributed by atoms with Crippen LogP contribution < -0.4 is 20.1 Å². The van der Waals surface area contributed by atoms with Gasteiger partial charge in [-0.25, -0.2) is 9.37 Å². The number of nitrogens with two attached hydrogens (primary N) is 1. The maximum Gasteiger partial charge on any atom is 0.161 e. The second-order valence-electron chi connectivity index (χ2n) is 8.12.